The third-order valence-electron chi connectivity index (χ3n) is 4.06. The molecule has 0 aliphatic heterocycles. The molecule has 0 saturated carbocycles. The van der Waals surface area contributed by atoms with Crippen molar-refractivity contribution in [1.82, 2.24) is 15.3 Å². The van der Waals surface area contributed by atoms with Gasteiger partial charge in [-0.2, -0.15) is 0 Å². The van der Waals surface area contributed by atoms with Crippen molar-refractivity contribution in [3.63, 3.8) is 0 Å². The Morgan fingerprint density at radius 3 is 2.33 bits per heavy atom. The SMILES string of the molecule is COc1ccccc1NC(=S)NC(=NCc1ccccc1)Nc1nc(C)cc(C)n1. The number of nitrogens with one attached hydrogen (secondary N) is 3. The minimum Gasteiger partial charge on any atom is -0.495 e. The molecule has 7 nitrogen and oxygen atoms in total. The molecule has 0 spiro atoms. The molecule has 8 heteroatoms. The number of hydrogen-bond donors (Lipinski definition) is 3. The minimum atomic E-state index is 0.364. The summed E-state index contributed by atoms with van der Waals surface area (Å²) in [6.07, 6.45) is 0. The monoisotopic (exact) mass is 420 g/mol. The summed E-state index contributed by atoms with van der Waals surface area (Å²) >= 11 is 5.48. The van der Waals surface area contributed by atoms with Gasteiger partial charge in [0, 0.05) is 11.4 Å². The largest absolute Gasteiger partial charge is 0.495 e. The highest BCUT2D eigenvalue weighted by Crippen LogP contribution is 2.22. The summed E-state index contributed by atoms with van der Waals surface area (Å²) in [6, 6.07) is 19.4. The lowest BCUT2D eigenvalue weighted by Gasteiger charge is -2.15. The van der Waals surface area contributed by atoms with E-state index in [1.54, 1.807) is 7.11 Å². The maximum Gasteiger partial charge on any atom is 0.229 e. The van der Waals surface area contributed by atoms with E-state index in [0.717, 1.165) is 22.6 Å². The highest BCUT2D eigenvalue weighted by molar-refractivity contribution is 7.80. The minimum absolute atomic E-state index is 0.364. The number of guanidine groups is 1. The molecule has 1 aromatic heterocycles. The van der Waals surface area contributed by atoms with Crippen molar-refractivity contribution in [2.24, 2.45) is 4.99 Å². The number of rotatable bonds is 5. The Morgan fingerprint density at radius 1 is 0.967 bits per heavy atom. The zero-order valence-corrected chi connectivity index (χ0v) is 18.0. The van der Waals surface area contributed by atoms with Crippen molar-refractivity contribution in [2.75, 3.05) is 17.7 Å². The molecular weight excluding hydrogens is 396 g/mol. The fourth-order valence-corrected chi connectivity index (χ4v) is 2.97. The average molecular weight is 421 g/mol. The standard InChI is InChI=1S/C22H24N6OS/c1-15-13-16(2)25-21(24-15)27-20(23-14-17-9-5-4-6-10-17)28-22(30)26-18-11-7-8-12-19(18)29-3/h4-13H,14H2,1-3H3,(H3,23,24,25,26,27,28,30). The molecule has 3 rings (SSSR count). The molecule has 0 unspecified atom stereocenters. The van der Waals surface area contributed by atoms with Gasteiger partial charge in [0.2, 0.25) is 11.9 Å². The third-order valence-corrected chi connectivity index (χ3v) is 4.27. The van der Waals surface area contributed by atoms with Crippen LogP contribution < -0.4 is 20.7 Å². The third kappa shape index (κ3) is 6.25. The Balaban J connectivity index is 1.78. The van der Waals surface area contributed by atoms with E-state index < -0.39 is 0 Å². The van der Waals surface area contributed by atoms with Crippen LogP contribution in [0.3, 0.4) is 0 Å². The number of aromatic nitrogens is 2. The van der Waals surface area contributed by atoms with Gasteiger partial charge in [-0.25, -0.2) is 15.0 Å². The van der Waals surface area contributed by atoms with Crippen LogP contribution in [0.2, 0.25) is 0 Å². The fourth-order valence-electron chi connectivity index (χ4n) is 2.76. The summed E-state index contributed by atoms with van der Waals surface area (Å²) in [5.74, 6) is 1.58. The lowest BCUT2D eigenvalue weighted by atomic mass is 10.2. The molecule has 154 valence electrons. The van der Waals surface area contributed by atoms with Gasteiger partial charge in [0.15, 0.2) is 5.11 Å². The van der Waals surface area contributed by atoms with Crippen LogP contribution in [-0.2, 0) is 6.54 Å². The van der Waals surface area contributed by atoms with Gasteiger partial charge in [-0.3, -0.25) is 5.32 Å². The van der Waals surface area contributed by atoms with Crippen LogP contribution >= 0.6 is 12.2 Å². The van der Waals surface area contributed by atoms with E-state index in [1.165, 1.54) is 0 Å². The van der Waals surface area contributed by atoms with Crippen molar-refractivity contribution in [3.05, 3.63) is 77.6 Å². The Morgan fingerprint density at radius 2 is 1.63 bits per heavy atom. The molecular formula is C22H24N6OS. The molecule has 0 amide bonds. The number of hydrogen-bond acceptors (Lipinski definition) is 5. The number of thiocarbonyl (C=S) groups is 1. The molecule has 0 saturated heterocycles. The number of aryl methyl sites for hydroxylation is 2. The quantitative estimate of drug-likeness (QED) is 0.326. The van der Waals surface area contributed by atoms with Gasteiger partial charge in [-0.05, 0) is 49.8 Å². The fraction of sp³-hybridized carbons (Fsp3) is 0.182. The summed E-state index contributed by atoms with van der Waals surface area (Å²) in [5, 5.41) is 9.73. The smallest absolute Gasteiger partial charge is 0.229 e. The van der Waals surface area contributed by atoms with E-state index >= 15 is 0 Å². The van der Waals surface area contributed by atoms with Crippen molar-refractivity contribution < 1.29 is 4.74 Å². The van der Waals surface area contributed by atoms with Crippen LogP contribution in [0.25, 0.3) is 0 Å². The lowest BCUT2D eigenvalue weighted by molar-refractivity contribution is 0.417. The first-order valence-corrected chi connectivity index (χ1v) is 9.83. The first-order valence-electron chi connectivity index (χ1n) is 9.42. The van der Waals surface area contributed by atoms with Gasteiger partial charge in [0.05, 0.1) is 19.3 Å². The molecule has 0 bridgehead atoms. The van der Waals surface area contributed by atoms with Crippen LogP contribution in [0.15, 0.2) is 65.7 Å². The molecule has 3 N–H and O–H groups in total. The average Bonchev–Trinajstić information content (AvgIpc) is 2.72. The second-order valence-corrected chi connectivity index (χ2v) is 6.94. The topological polar surface area (TPSA) is 83.5 Å². The lowest BCUT2D eigenvalue weighted by Crippen LogP contribution is -2.39. The van der Waals surface area contributed by atoms with E-state index in [2.05, 4.69) is 30.9 Å². The van der Waals surface area contributed by atoms with Gasteiger partial charge in [0.1, 0.15) is 5.75 Å². The predicted octanol–water partition coefficient (Wildman–Crippen LogP) is 4.06. The molecule has 0 atom stereocenters. The van der Waals surface area contributed by atoms with Crippen LogP contribution in [-0.4, -0.2) is 28.1 Å². The highest BCUT2D eigenvalue weighted by atomic mass is 32.1. The van der Waals surface area contributed by atoms with E-state index in [0.29, 0.717) is 29.3 Å². The van der Waals surface area contributed by atoms with Crippen LogP contribution in [0.4, 0.5) is 11.6 Å². The predicted molar refractivity (Wildman–Crippen MR) is 125 cm³/mol. The summed E-state index contributed by atoms with van der Waals surface area (Å²) in [7, 11) is 1.61. The van der Waals surface area contributed by atoms with E-state index in [4.69, 9.17) is 17.0 Å². The molecule has 3 aromatic rings. The molecule has 0 fully saturated rings. The molecule has 2 aromatic carbocycles. The van der Waals surface area contributed by atoms with Crippen molar-refractivity contribution in [2.45, 2.75) is 20.4 Å². The highest BCUT2D eigenvalue weighted by Gasteiger charge is 2.09. The second-order valence-electron chi connectivity index (χ2n) is 6.53. The number of benzene rings is 2. The first kappa shape index (κ1) is 21.2. The zero-order valence-electron chi connectivity index (χ0n) is 17.1. The molecule has 0 aliphatic rings. The molecule has 0 aliphatic carbocycles. The normalized spacial score (nSPS) is 11.0. The number of para-hydroxylation sites is 2. The van der Waals surface area contributed by atoms with E-state index in [1.807, 2.05) is 74.5 Å². The number of methoxy groups -OCH3 is 1. The zero-order chi connectivity index (χ0) is 21.3. The molecule has 1 heterocycles. The summed E-state index contributed by atoms with van der Waals surface area (Å²) < 4.78 is 5.36. The Labute approximate surface area is 181 Å². The summed E-state index contributed by atoms with van der Waals surface area (Å²) in [5.41, 5.74) is 3.55. The Hall–Kier alpha value is -3.52. The van der Waals surface area contributed by atoms with E-state index in [9.17, 15) is 0 Å². The number of nitrogens with zero attached hydrogens (tertiary/aromatic N) is 3. The van der Waals surface area contributed by atoms with Gasteiger partial charge in [0.25, 0.3) is 0 Å². The number of aliphatic imine (C=N–C) groups is 1. The Bertz CT molecular complexity index is 1020. The number of anilines is 2. The van der Waals surface area contributed by atoms with Gasteiger partial charge in [-0.1, -0.05) is 42.5 Å². The van der Waals surface area contributed by atoms with E-state index in [-0.39, 0.29) is 0 Å². The number of ether oxygens (including phenoxy) is 1. The van der Waals surface area contributed by atoms with Crippen LogP contribution in [0, 0.1) is 13.8 Å². The van der Waals surface area contributed by atoms with Gasteiger partial charge >= 0.3 is 0 Å². The van der Waals surface area contributed by atoms with Crippen LogP contribution in [0.5, 0.6) is 5.75 Å². The Kier molecular flexibility index (Phi) is 7.29. The maximum absolute atomic E-state index is 5.48. The first-order chi connectivity index (χ1) is 14.5. The van der Waals surface area contributed by atoms with Gasteiger partial charge < -0.3 is 15.4 Å². The summed E-state index contributed by atoms with van der Waals surface area (Å²) in [4.78, 5) is 13.5. The van der Waals surface area contributed by atoms with Crippen molar-refractivity contribution >= 4 is 34.9 Å². The van der Waals surface area contributed by atoms with Crippen molar-refractivity contribution in [1.29, 1.82) is 0 Å². The molecule has 30 heavy (non-hydrogen) atoms. The van der Waals surface area contributed by atoms with Gasteiger partial charge in [-0.15, -0.1) is 0 Å². The summed E-state index contributed by atoms with van der Waals surface area (Å²) in [6.45, 7) is 4.31. The second kappa shape index (κ2) is 10.3. The maximum atomic E-state index is 5.48. The van der Waals surface area contributed by atoms with Crippen LogP contribution in [0.1, 0.15) is 17.0 Å². The van der Waals surface area contributed by atoms with Crippen molar-refractivity contribution in [3.8, 4) is 5.75 Å². The molecule has 0 radical (unpaired) electrons.